The molecule has 0 saturated carbocycles. The average molecular weight is 518 g/mol. The topological polar surface area (TPSA) is 58.2 Å². The number of thiocarbonyl (C=S) groups is 1. The largest absolute Gasteiger partial charge is 0.497 e. The van der Waals surface area contributed by atoms with Gasteiger partial charge in [-0.15, -0.1) is 0 Å². The third-order valence-electron chi connectivity index (χ3n) is 6.92. The molecular formula is C27H39NO5SSi. The highest BCUT2D eigenvalue weighted by atomic mass is 32.1. The minimum absolute atomic E-state index is 0.104. The molecule has 1 aliphatic heterocycles. The maximum absolute atomic E-state index is 6.53. The summed E-state index contributed by atoms with van der Waals surface area (Å²) in [6.45, 7) is 12.5. The molecule has 3 unspecified atom stereocenters. The molecule has 3 rings (SSSR count). The third kappa shape index (κ3) is 7.04. The molecule has 35 heavy (non-hydrogen) atoms. The van der Waals surface area contributed by atoms with Crippen LogP contribution in [0, 0.1) is 0 Å². The maximum atomic E-state index is 6.53. The zero-order valence-corrected chi connectivity index (χ0v) is 23.7. The highest BCUT2D eigenvalue weighted by molar-refractivity contribution is 7.80. The Hall–Kier alpha value is -1.97. The monoisotopic (exact) mass is 517 g/mol. The molecule has 1 fully saturated rings. The summed E-state index contributed by atoms with van der Waals surface area (Å²) in [7, 11) is 1.39. The maximum Gasteiger partial charge on any atom is 0.192 e. The normalized spacial score (nSPS) is 20.5. The molecule has 3 atom stereocenters. The molecule has 2 aromatic rings. The molecule has 0 aliphatic carbocycles. The van der Waals surface area contributed by atoms with Crippen molar-refractivity contribution in [1.82, 2.24) is 5.32 Å². The molecule has 1 aliphatic rings. The predicted octanol–water partition coefficient (Wildman–Crippen LogP) is 5.50. The lowest BCUT2D eigenvalue weighted by Crippen LogP contribution is -2.47. The van der Waals surface area contributed by atoms with Gasteiger partial charge in [0.2, 0.25) is 0 Å². The molecule has 8 heteroatoms. The number of rotatable bonds is 11. The summed E-state index contributed by atoms with van der Waals surface area (Å²) in [6, 6.07) is 15.6. The fourth-order valence-corrected chi connectivity index (χ4v) is 5.03. The van der Waals surface area contributed by atoms with E-state index in [0.29, 0.717) is 24.8 Å². The Morgan fingerprint density at radius 3 is 2.23 bits per heavy atom. The van der Waals surface area contributed by atoms with Crippen LogP contribution in [0.3, 0.4) is 0 Å². The molecule has 0 aromatic heterocycles. The summed E-state index contributed by atoms with van der Waals surface area (Å²) in [4.78, 5) is 0.646. The van der Waals surface area contributed by atoms with Crippen molar-refractivity contribution < 1.29 is 23.4 Å². The van der Waals surface area contributed by atoms with Crippen LogP contribution in [0.15, 0.2) is 48.5 Å². The van der Waals surface area contributed by atoms with Crippen LogP contribution in [0.4, 0.5) is 0 Å². The van der Waals surface area contributed by atoms with Crippen molar-refractivity contribution in [2.75, 3.05) is 20.8 Å². The summed E-state index contributed by atoms with van der Waals surface area (Å²) in [5, 5.41) is 3.54. The van der Waals surface area contributed by atoms with Crippen LogP contribution in [0.5, 0.6) is 11.5 Å². The van der Waals surface area contributed by atoms with Gasteiger partial charge in [-0.25, -0.2) is 0 Å². The number of benzene rings is 2. The van der Waals surface area contributed by atoms with E-state index in [1.807, 2.05) is 48.5 Å². The highest BCUT2D eigenvalue weighted by Gasteiger charge is 2.44. The second kappa shape index (κ2) is 11.8. The lowest BCUT2D eigenvalue weighted by Gasteiger charge is -2.37. The van der Waals surface area contributed by atoms with E-state index in [2.05, 4.69) is 39.2 Å². The number of hydrogen-bond donors (Lipinski definition) is 1. The lowest BCUT2D eigenvalue weighted by molar-refractivity contribution is -0.0613. The highest BCUT2D eigenvalue weighted by Crippen LogP contribution is 2.37. The second-order valence-electron chi connectivity index (χ2n) is 10.4. The Morgan fingerprint density at radius 1 is 0.914 bits per heavy atom. The van der Waals surface area contributed by atoms with E-state index < -0.39 is 8.32 Å². The zero-order chi connectivity index (χ0) is 25.6. The fourth-order valence-electron chi connectivity index (χ4n) is 3.65. The molecule has 192 valence electrons. The molecule has 0 bridgehead atoms. The molecule has 2 aromatic carbocycles. The van der Waals surface area contributed by atoms with Crippen molar-refractivity contribution >= 4 is 25.5 Å². The Morgan fingerprint density at radius 2 is 1.60 bits per heavy atom. The molecule has 0 radical (unpaired) electrons. The molecule has 1 N–H and O–H groups in total. The standard InChI is InChI=1S/C27H39NO5SSi/c1-27(2,3)35(6,7)33-18-22-24(32-17-20-10-8-9-11-23(20)30-5)25(26(34)28-22)31-16-19-12-14-21(29-4)15-13-19/h8-15,22,24-25H,16-18H2,1-7H3,(H,28,34). The van der Waals surface area contributed by atoms with Crippen LogP contribution in [0.1, 0.15) is 31.9 Å². The first kappa shape index (κ1) is 27.6. The minimum atomic E-state index is -1.94. The molecule has 1 saturated heterocycles. The number of para-hydroxylation sites is 1. The number of hydrogen-bond acceptors (Lipinski definition) is 6. The van der Waals surface area contributed by atoms with Gasteiger partial charge < -0.3 is 28.7 Å². The van der Waals surface area contributed by atoms with E-state index in [1.165, 1.54) is 0 Å². The fraction of sp³-hybridized carbons (Fsp3) is 0.519. The van der Waals surface area contributed by atoms with Crippen molar-refractivity contribution in [3.63, 3.8) is 0 Å². The SMILES string of the molecule is COc1ccc(COC2C(=S)NC(CO[Si](C)(C)C(C)(C)C)C2OCc2ccccc2OC)cc1. The van der Waals surface area contributed by atoms with Gasteiger partial charge in [-0.2, -0.15) is 0 Å². The van der Waals surface area contributed by atoms with E-state index in [1.54, 1.807) is 14.2 Å². The second-order valence-corrected chi connectivity index (χ2v) is 15.6. The van der Waals surface area contributed by atoms with Gasteiger partial charge in [0, 0.05) is 5.56 Å². The van der Waals surface area contributed by atoms with Crippen LogP contribution in [0.2, 0.25) is 18.1 Å². The number of ether oxygens (including phenoxy) is 4. The Balaban J connectivity index is 1.75. The van der Waals surface area contributed by atoms with Crippen LogP contribution in [0.25, 0.3) is 0 Å². The first-order valence-electron chi connectivity index (χ1n) is 12.0. The van der Waals surface area contributed by atoms with Gasteiger partial charge in [0.15, 0.2) is 8.32 Å². The quantitative estimate of drug-likeness (QED) is 0.312. The molecular weight excluding hydrogens is 478 g/mol. The minimum Gasteiger partial charge on any atom is -0.497 e. The summed E-state index contributed by atoms with van der Waals surface area (Å²) in [6.07, 6.45) is -0.676. The first-order chi connectivity index (χ1) is 16.6. The van der Waals surface area contributed by atoms with Crippen LogP contribution in [-0.2, 0) is 27.1 Å². The summed E-state index contributed by atoms with van der Waals surface area (Å²) < 4.78 is 30.1. The molecule has 0 amide bonds. The van der Waals surface area contributed by atoms with Crippen LogP contribution < -0.4 is 14.8 Å². The lowest BCUT2D eigenvalue weighted by atomic mass is 10.1. The van der Waals surface area contributed by atoms with Crippen molar-refractivity contribution in [2.24, 2.45) is 0 Å². The summed E-state index contributed by atoms with van der Waals surface area (Å²) in [5.41, 5.74) is 2.02. The van der Waals surface area contributed by atoms with E-state index >= 15 is 0 Å². The van der Waals surface area contributed by atoms with Crippen LogP contribution >= 0.6 is 12.2 Å². The van der Waals surface area contributed by atoms with Gasteiger partial charge >= 0.3 is 0 Å². The van der Waals surface area contributed by atoms with Crippen molar-refractivity contribution in [3.05, 3.63) is 59.7 Å². The van der Waals surface area contributed by atoms with E-state index in [-0.39, 0.29) is 23.3 Å². The number of nitrogens with one attached hydrogen (secondary N) is 1. The van der Waals surface area contributed by atoms with Gasteiger partial charge in [-0.1, -0.05) is 63.3 Å². The van der Waals surface area contributed by atoms with E-state index in [4.69, 9.17) is 35.6 Å². The Kier molecular flexibility index (Phi) is 9.34. The van der Waals surface area contributed by atoms with Crippen molar-refractivity contribution in [1.29, 1.82) is 0 Å². The predicted molar refractivity (Wildman–Crippen MR) is 146 cm³/mol. The zero-order valence-electron chi connectivity index (χ0n) is 21.9. The van der Waals surface area contributed by atoms with Gasteiger partial charge in [0.25, 0.3) is 0 Å². The van der Waals surface area contributed by atoms with Gasteiger partial charge in [-0.3, -0.25) is 0 Å². The van der Waals surface area contributed by atoms with Crippen molar-refractivity contribution in [2.45, 2.75) is 70.4 Å². The van der Waals surface area contributed by atoms with Gasteiger partial charge in [0.1, 0.15) is 28.7 Å². The Labute approximate surface area is 216 Å². The smallest absolute Gasteiger partial charge is 0.192 e. The van der Waals surface area contributed by atoms with Gasteiger partial charge in [0.05, 0.1) is 40.1 Å². The van der Waals surface area contributed by atoms with Crippen LogP contribution in [-0.4, -0.2) is 52.4 Å². The third-order valence-corrected chi connectivity index (χ3v) is 11.8. The van der Waals surface area contributed by atoms with E-state index in [0.717, 1.165) is 22.6 Å². The number of methoxy groups -OCH3 is 2. The molecule has 1 heterocycles. The van der Waals surface area contributed by atoms with Crippen molar-refractivity contribution in [3.8, 4) is 11.5 Å². The summed E-state index contributed by atoms with van der Waals surface area (Å²) >= 11 is 5.71. The first-order valence-corrected chi connectivity index (χ1v) is 15.3. The summed E-state index contributed by atoms with van der Waals surface area (Å²) in [5.74, 6) is 1.61. The van der Waals surface area contributed by atoms with E-state index in [9.17, 15) is 0 Å². The Bertz CT molecular complexity index is 976. The van der Waals surface area contributed by atoms with Gasteiger partial charge in [-0.05, 0) is 41.9 Å². The molecule has 6 nitrogen and oxygen atoms in total. The average Bonchev–Trinajstić information content (AvgIpc) is 3.13. The molecule has 0 spiro atoms.